The number of nitro groups is 1. The molecule has 8 heteroatoms. The largest absolute Gasteiger partial charge is 0.506 e. The van der Waals surface area contributed by atoms with Crippen molar-refractivity contribution in [3.63, 3.8) is 0 Å². The molecule has 0 heterocycles. The van der Waals surface area contributed by atoms with Crippen LogP contribution in [0.5, 0.6) is 5.75 Å². The Morgan fingerprint density at radius 3 is 2.48 bits per heavy atom. The Morgan fingerprint density at radius 1 is 1.24 bits per heavy atom. The lowest BCUT2D eigenvalue weighted by molar-refractivity contribution is -0.384. The molecule has 0 saturated carbocycles. The van der Waals surface area contributed by atoms with Crippen molar-refractivity contribution < 1.29 is 10.0 Å². The topological polar surface area (TPSA) is 87.8 Å². The number of nitro benzene ring substituents is 1. The number of halogens is 2. The van der Waals surface area contributed by atoms with Gasteiger partial charge in [0.05, 0.1) is 20.1 Å². The summed E-state index contributed by atoms with van der Waals surface area (Å²) in [6, 6.07) is 9.57. The van der Waals surface area contributed by atoms with E-state index in [9.17, 15) is 15.2 Å². The molecule has 0 atom stereocenters. The molecule has 0 aliphatic carbocycles. The van der Waals surface area contributed by atoms with E-state index in [2.05, 4.69) is 42.4 Å². The first-order valence-corrected chi connectivity index (χ1v) is 7.28. The second kappa shape index (κ2) is 6.68. The van der Waals surface area contributed by atoms with Crippen LogP contribution in [0.25, 0.3) is 0 Å². The average molecular weight is 415 g/mol. The summed E-state index contributed by atoms with van der Waals surface area (Å²) in [7, 11) is 0. The fourth-order valence-electron chi connectivity index (χ4n) is 1.56. The van der Waals surface area contributed by atoms with E-state index in [0.717, 1.165) is 0 Å². The van der Waals surface area contributed by atoms with Gasteiger partial charge in [0.15, 0.2) is 0 Å². The standard InChI is InChI=1S/C13H9Br2N3O3/c14-9-5-8(6-10(15)13(9)19)7-16-17-11-3-1-2-4-12(11)18(20)21/h1-7,17,19H. The molecule has 0 spiro atoms. The molecule has 2 aromatic rings. The van der Waals surface area contributed by atoms with Crippen LogP contribution in [0, 0.1) is 10.1 Å². The highest BCUT2D eigenvalue weighted by Gasteiger charge is 2.11. The highest BCUT2D eigenvalue weighted by molar-refractivity contribution is 9.11. The van der Waals surface area contributed by atoms with Gasteiger partial charge in [0.1, 0.15) is 11.4 Å². The summed E-state index contributed by atoms with van der Waals surface area (Å²) < 4.78 is 1.04. The summed E-state index contributed by atoms with van der Waals surface area (Å²) in [4.78, 5) is 10.4. The predicted molar refractivity (Wildman–Crippen MR) is 87.8 cm³/mol. The van der Waals surface area contributed by atoms with Crippen LogP contribution in [-0.4, -0.2) is 16.2 Å². The monoisotopic (exact) mass is 413 g/mol. The molecule has 6 nitrogen and oxygen atoms in total. The Morgan fingerprint density at radius 2 is 1.86 bits per heavy atom. The second-order valence-electron chi connectivity index (χ2n) is 3.98. The number of phenols is 1. The highest BCUT2D eigenvalue weighted by Crippen LogP contribution is 2.32. The van der Waals surface area contributed by atoms with Gasteiger partial charge in [0.2, 0.25) is 0 Å². The molecule has 0 radical (unpaired) electrons. The Hall–Kier alpha value is -1.93. The molecule has 0 aliphatic heterocycles. The lowest BCUT2D eigenvalue weighted by Crippen LogP contribution is -1.96. The molecule has 0 aliphatic rings. The van der Waals surface area contributed by atoms with Gasteiger partial charge in [-0.3, -0.25) is 15.5 Å². The first kappa shape index (κ1) is 15.5. The number of hydrogen-bond donors (Lipinski definition) is 2. The van der Waals surface area contributed by atoms with Crippen molar-refractivity contribution in [3.8, 4) is 5.75 Å². The van der Waals surface area contributed by atoms with E-state index in [0.29, 0.717) is 20.2 Å². The van der Waals surface area contributed by atoms with Crippen molar-refractivity contribution >= 4 is 49.4 Å². The van der Waals surface area contributed by atoms with E-state index >= 15 is 0 Å². The van der Waals surface area contributed by atoms with E-state index in [1.54, 1.807) is 30.3 Å². The molecule has 2 N–H and O–H groups in total. The van der Waals surface area contributed by atoms with Gasteiger partial charge in [-0.1, -0.05) is 12.1 Å². The maximum absolute atomic E-state index is 10.9. The number of phenolic OH excluding ortho intramolecular Hbond substituents is 1. The Labute approximate surface area is 136 Å². The fraction of sp³-hybridized carbons (Fsp3) is 0. The van der Waals surface area contributed by atoms with Gasteiger partial charge >= 0.3 is 0 Å². The SMILES string of the molecule is O=[N+]([O-])c1ccccc1NN=Cc1cc(Br)c(O)c(Br)c1. The first-order valence-electron chi connectivity index (χ1n) is 5.69. The molecular formula is C13H9Br2N3O3. The van der Waals surface area contributed by atoms with E-state index in [1.165, 1.54) is 12.3 Å². The van der Waals surface area contributed by atoms with Crippen LogP contribution in [-0.2, 0) is 0 Å². The number of nitrogens with zero attached hydrogens (tertiary/aromatic N) is 2. The summed E-state index contributed by atoms with van der Waals surface area (Å²) in [5.41, 5.74) is 3.59. The number of para-hydroxylation sites is 2. The number of rotatable bonds is 4. The minimum atomic E-state index is -0.481. The highest BCUT2D eigenvalue weighted by atomic mass is 79.9. The number of aromatic hydroxyl groups is 1. The van der Waals surface area contributed by atoms with E-state index in [1.807, 2.05) is 0 Å². The molecule has 2 aromatic carbocycles. The maximum atomic E-state index is 10.9. The van der Waals surface area contributed by atoms with Gasteiger partial charge in [0, 0.05) is 6.07 Å². The fourth-order valence-corrected chi connectivity index (χ4v) is 2.79. The summed E-state index contributed by atoms with van der Waals surface area (Å²) in [6.45, 7) is 0. The molecule has 0 fully saturated rings. The zero-order valence-electron chi connectivity index (χ0n) is 10.5. The molecule has 21 heavy (non-hydrogen) atoms. The summed E-state index contributed by atoms with van der Waals surface area (Å²) in [5.74, 6) is 0.0961. The quantitative estimate of drug-likeness (QED) is 0.444. The number of nitrogens with one attached hydrogen (secondary N) is 1. The van der Waals surface area contributed by atoms with Gasteiger partial charge in [0.25, 0.3) is 5.69 Å². The van der Waals surface area contributed by atoms with Gasteiger partial charge in [-0.25, -0.2) is 0 Å². The third kappa shape index (κ3) is 3.79. The Balaban J connectivity index is 2.19. The van der Waals surface area contributed by atoms with Crippen LogP contribution >= 0.6 is 31.9 Å². The molecule has 0 unspecified atom stereocenters. The van der Waals surface area contributed by atoms with Crippen molar-refractivity contribution in [2.24, 2.45) is 5.10 Å². The van der Waals surface area contributed by atoms with E-state index in [4.69, 9.17) is 0 Å². The van der Waals surface area contributed by atoms with Crippen LogP contribution in [0.15, 0.2) is 50.4 Å². The summed E-state index contributed by atoms with van der Waals surface area (Å²) in [5, 5.41) is 24.4. The molecule has 0 aromatic heterocycles. The van der Waals surface area contributed by atoms with E-state index < -0.39 is 4.92 Å². The zero-order valence-corrected chi connectivity index (χ0v) is 13.6. The normalized spacial score (nSPS) is 10.8. The molecule has 2 rings (SSSR count). The van der Waals surface area contributed by atoms with Crippen molar-refractivity contribution in [2.75, 3.05) is 5.43 Å². The number of anilines is 1. The van der Waals surface area contributed by atoms with Gasteiger partial charge in [-0.05, 0) is 55.6 Å². The minimum absolute atomic E-state index is 0.0530. The van der Waals surface area contributed by atoms with Crippen LogP contribution in [0.2, 0.25) is 0 Å². The van der Waals surface area contributed by atoms with Gasteiger partial charge in [-0.2, -0.15) is 5.10 Å². The third-order valence-corrected chi connectivity index (χ3v) is 3.75. The lowest BCUT2D eigenvalue weighted by atomic mass is 10.2. The molecule has 108 valence electrons. The number of hydrazone groups is 1. The smallest absolute Gasteiger partial charge is 0.294 e. The van der Waals surface area contributed by atoms with Gasteiger partial charge < -0.3 is 5.11 Å². The van der Waals surface area contributed by atoms with Crippen LogP contribution in [0.4, 0.5) is 11.4 Å². The molecule has 0 saturated heterocycles. The third-order valence-electron chi connectivity index (χ3n) is 2.54. The second-order valence-corrected chi connectivity index (χ2v) is 5.69. The van der Waals surface area contributed by atoms with Crippen molar-refractivity contribution in [3.05, 3.63) is 61.0 Å². The van der Waals surface area contributed by atoms with Crippen molar-refractivity contribution in [1.29, 1.82) is 0 Å². The average Bonchev–Trinajstić information content (AvgIpc) is 2.45. The Kier molecular flexibility index (Phi) is 4.92. The number of benzene rings is 2. The number of hydrogen-bond acceptors (Lipinski definition) is 5. The van der Waals surface area contributed by atoms with E-state index in [-0.39, 0.29) is 11.4 Å². The lowest BCUT2D eigenvalue weighted by Gasteiger charge is -2.03. The van der Waals surface area contributed by atoms with Crippen LogP contribution in [0.1, 0.15) is 5.56 Å². The summed E-state index contributed by atoms with van der Waals surface area (Å²) in [6.07, 6.45) is 1.49. The molecule has 0 bridgehead atoms. The van der Waals surface area contributed by atoms with Crippen LogP contribution in [0.3, 0.4) is 0 Å². The minimum Gasteiger partial charge on any atom is -0.506 e. The molecule has 0 amide bonds. The summed E-state index contributed by atoms with van der Waals surface area (Å²) >= 11 is 6.43. The van der Waals surface area contributed by atoms with Crippen LogP contribution < -0.4 is 5.43 Å². The zero-order chi connectivity index (χ0) is 15.4. The predicted octanol–water partition coefficient (Wildman–Crippen LogP) is 4.27. The first-order chi connectivity index (χ1) is 9.99. The maximum Gasteiger partial charge on any atom is 0.294 e. The Bertz CT molecular complexity index is 697. The van der Waals surface area contributed by atoms with Gasteiger partial charge in [-0.15, -0.1) is 0 Å². The van der Waals surface area contributed by atoms with Crippen molar-refractivity contribution in [2.45, 2.75) is 0 Å². The van der Waals surface area contributed by atoms with Crippen molar-refractivity contribution in [1.82, 2.24) is 0 Å². The molecular weight excluding hydrogens is 406 g/mol.